The van der Waals surface area contributed by atoms with E-state index < -0.39 is 12.6 Å². The molecule has 0 radical (unpaired) electrons. The summed E-state index contributed by atoms with van der Waals surface area (Å²) in [4.78, 5) is 8.18. The Hall–Kier alpha value is -1.99. The molecule has 1 aliphatic rings. The van der Waals surface area contributed by atoms with E-state index in [0.29, 0.717) is 18.4 Å². The van der Waals surface area contributed by atoms with Gasteiger partial charge in [0.05, 0.1) is 6.42 Å². The molecule has 0 saturated heterocycles. The minimum atomic E-state index is -4.18. The van der Waals surface area contributed by atoms with Crippen LogP contribution in [0.15, 0.2) is 23.3 Å². The van der Waals surface area contributed by atoms with Gasteiger partial charge in [0.1, 0.15) is 6.10 Å². The molecule has 1 aromatic rings. The normalized spacial score (nSPS) is 21.3. The number of ether oxygens (including phenoxy) is 1. The standard InChI is InChI=1S/C18H27F3N4O/c1-13-3-5-15(6-4-13)26-16-11-14(7-9-23-16)12-25-17(22-2)24-10-8-18(19,20)21/h7,9,11,13,15H,3-6,8,10,12H2,1-2H3,(H2,22,24,25). The van der Waals surface area contributed by atoms with Crippen LogP contribution >= 0.6 is 0 Å². The predicted octanol–water partition coefficient (Wildman–Crippen LogP) is 3.66. The molecular weight excluding hydrogens is 345 g/mol. The molecule has 0 aromatic carbocycles. The van der Waals surface area contributed by atoms with Crippen molar-refractivity contribution >= 4 is 5.96 Å². The van der Waals surface area contributed by atoms with Crippen LogP contribution in [0.5, 0.6) is 5.88 Å². The van der Waals surface area contributed by atoms with Crippen molar-refractivity contribution in [2.45, 2.75) is 57.9 Å². The molecule has 1 aliphatic carbocycles. The first-order valence-electron chi connectivity index (χ1n) is 8.98. The van der Waals surface area contributed by atoms with Gasteiger partial charge in [-0.3, -0.25) is 4.99 Å². The number of rotatable bonds is 6. The number of alkyl halides is 3. The average Bonchev–Trinajstić information content (AvgIpc) is 2.59. The van der Waals surface area contributed by atoms with Gasteiger partial charge < -0.3 is 15.4 Å². The Bertz CT molecular complexity index is 584. The maximum absolute atomic E-state index is 12.2. The lowest BCUT2D eigenvalue weighted by Gasteiger charge is -2.26. The maximum atomic E-state index is 12.2. The largest absolute Gasteiger partial charge is 0.474 e. The fourth-order valence-electron chi connectivity index (χ4n) is 2.87. The van der Waals surface area contributed by atoms with Crippen molar-refractivity contribution < 1.29 is 17.9 Å². The lowest BCUT2D eigenvalue weighted by Crippen LogP contribution is -2.38. The second-order valence-corrected chi connectivity index (χ2v) is 6.72. The first-order valence-corrected chi connectivity index (χ1v) is 8.98. The second kappa shape index (κ2) is 9.64. The Labute approximate surface area is 152 Å². The van der Waals surface area contributed by atoms with Crippen molar-refractivity contribution in [3.05, 3.63) is 23.9 Å². The van der Waals surface area contributed by atoms with Crippen molar-refractivity contribution in [1.29, 1.82) is 0 Å². The van der Waals surface area contributed by atoms with Crippen molar-refractivity contribution in [3.8, 4) is 5.88 Å². The average molecular weight is 372 g/mol. The van der Waals surface area contributed by atoms with E-state index in [0.717, 1.165) is 24.3 Å². The molecule has 5 nitrogen and oxygen atoms in total. The molecule has 0 atom stereocenters. The first-order chi connectivity index (χ1) is 12.4. The molecule has 0 bridgehead atoms. The highest BCUT2D eigenvalue weighted by Gasteiger charge is 2.26. The van der Waals surface area contributed by atoms with Crippen molar-refractivity contribution in [2.24, 2.45) is 10.9 Å². The number of nitrogens with zero attached hydrogens (tertiary/aromatic N) is 2. The van der Waals surface area contributed by atoms with Crippen LogP contribution in [0.4, 0.5) is 13.2 Å². The Balaban J connectivity index is 1.80. The van der Waals surface area contributed by atoms with E-state index in [1.165, 1.54) is 19.9 Å². The summed E-state index contributed by atoms with van der Waals surface area (Å²) >= 11 is 0. The van der Waals surface area contributed by atoms with Gasteiger partial charge in [0.2, 0.25) is 5.88 Å². The lowest BCUT2D eigenvalue weighted by molar-refractivity contribution is -0.132. The van der Waals surface area contributed by atoms with E-state index in [4.69, 9.17) is 4.74 Å². The topological polar surface area (TPSA) is 58.5 Å². The van der Waals surface area contributed by atoms with Crippen molar-refractivity contribution in [1.82, 2.24) is 15.6 Å². The third-order valence-electron chi connectivity index (χ3n) is 4.43. The van der Waals surface area contributed by atoms with Gasteiger partial charge in [-0.2, -0.15) is 13.2 Å². The van der Waals surface area contributed by atoms with Gasteiger partial charge in [-0.15, -0.1) is 0 Å². The lowest BCUT2D eigenvalue weighted by atomic mass is 9.89. The summed E-state index contributed by atoms with van der Waals surface area (Å²) in [5.41, 5.74) is 0.929. The summed E-state index contributed by atoms with van der Waals surface area (Å²) in [6.45, 7) is 2.47. The highest BCUT2D eigenvalue weighted by atomic mass is 19.4. The molecule has 2 rings (SSSR count). The highest BCUT2D eigenvalue weighted by molar-refractivity contribution is 5.79. The smallest absolute Gasteiger partial charge is 0.390 e. The Morgan fingerprint density at radius 1 is 1.27 bits per heavy atom. The SMILES string of the molecule is CN=C(NCCC(F)(F)F)NCc1ccnc(OC2CCC(C)CC2)c1. The van der Waals surface area contributed by atoms with Gasteiger partial charge in [0.15, 0.2) is 5.96 Å². The molecule has 0 amide bonds. The molecule has 0 aliphatic heterocycles. The predicted molar refractivity (Wildman–Crippen MR) is 95.2 cm³/mol. The molecular formula is C18H27F3N4O. The summed E-state index contributed by atoms with van der Waals surface area (Å²) in [5.74, 6) is 1.67. The van der Waals surface area contributed by atoms with Gasteiger partial charge in [0.25, 0.3) is 0 Å². The summed E-state index contributed by atoms with van der Waals surface area (Å²) < 4.78 is 42.6. The van der Waals surface area contributed by atoms with Crippen LogP contribution in [0.1, 0.15) is 44.6 Å². The maximum Gasteiger partial charge on any atom is 0.390 e. The summed E-state index contributed by atoms with van der Waals surface area (Å²) in [6, 6.07) is 3.69. The zero-order valence-corrected chi connectivity index (χ0v) is 15.3. The molecule has 0 spiro atoms. The van der Waals surface area contributed by atoms with Gasteiger partial charge in [-0.1, -0.05) is 6.92 Å². The number of pyridine rings is 1. The van der Waals surface area contributed by atoms with Crippen LogP contribution in [-0.4, -0.2) is 36.8 Å². The zero-order chi connectivity index (χ0) is 19.0. The number of aliphatic imine (C=N–C) groups is 1. The monoisotopic (exact) mass is 372 g/mol. The van der Waals surface area contributed by atoms with E-state index in [-0.39, 0.29) is 12.6 Å². The molecule has 8 heteroatoms. The van der Waals surface area contributed by atoms with Gasteiger partial charge in [-0.05, 0) is 43.2 Å². The van der Waals surface area contributed by atoms with Gasteiger partial charge in [-0.25, -0.2) is 4.98 Å². The molecule has 1 saturated carbocycles. The Morgan fingerprint density at radius 3 is 2.65 bits per heavy atom. The highest BCUT2D eigenvalue weighted by Crippen LogP contribution is 2.26. The number of halogens is 3. The molecule has 146 valence electrons. The number of guanidine groups is 1. The van der Waals surface area contributed by atoms with Gasteiger partial charge >= 0.3 is 6.18 Å². The number of aromatic nitrogens is 1. The number of nitrogens with one attached hydrogen (secondary N) is 2. The minimum Gasteiger partial charge on any atom is -0.474 e. The van der Waals surface area contributed by atoms with Crippen LogP contribution in [-0.2, 0) is 6.54 Å². The van der Waals surface area contributed by atoms with Crippen LogP contribution in [0.3, 0.4) is 0 Å². The first kappa shape index (κ1) is 20.3. The summed E-state index contributed by atoms with van der Waals surface area (Å²) in [7, 11) is 1.52. The molecule has 0 unspecified atom stereocenters. The van der Waals surface area contributed by atoms with Crippen molar-refractivity contribution in [3.63, 3.8) is 0 Å². The molecule has 2 N–H and O–H groups in total. The zero-order valence-electron chi connectivity index (χ0n) is 15.3. The molecule has 26 heavy (non-hydrogen) atoms. The fourth-order valence-corrected chi connectivity index (χ4v) is 2.87. The third-order valence-corrected chi connectivity index (χ3v) is 4.43. The van der Waals surface area contributed by atoms with E-state index in [1.807, 2.05) is 12.1 Å². The van der Waals surface area contributed by atoms with Crippen molar-refractivity contribution in [2.75, 3.05) is 13.6 Å². The Morgan fingerprint density at radius 2 is 2.00 bits per heavy atom. The summed E-state index contributed by atoms with van der Waals surface area (Å²) in [6.07, 6.45) is 1.23. The second-order valence-electron chi connectivity index (χ2n) is 6.72. The number of hydrogen-bond acceptors (Lipinski definition) is 3. The van der Waals surface area contributed by atoms with E-state index >= 15 is 0 Å². The van der Waals surface area contributed by atoms with E-state index in [1.54, 1.807) is 6.20 Å². The third kappa shape index (κ3) is 7.49. The van der Waals surface area contributed by atoms with Gasteiger partial charge in [0, 0.05) is 32.4 Å². The fraction of sp³-hybridized carbons (Fsp3) is 0.667. The molecule has 1 fully saturated rings. The quantitative estimate of drug-likeness (QED) is 0.591. The van der Waals surface area contributed by atoms with Crippen LogP contribution in [0, 0.1) is 5.92 Å². The summed E-state index contributed by atoms with van der Waals surface area (Å²) in [5, 5.41) is 5.65. The van der Waals surface area contributed by atoms with Crippen LogP contribution in [0.2, 0.25) is 0 Å². The molecule has 1 heterocycles. The minimum absolute atomic E-state index is 0.207. The Kier molecular flexibility index (Phi) is 7.53. The van der Waals surface area contributed by atoms with Crippen LogP contribution < -0.4 is 15.4 Å². The van der Waals surface area contributed by atoms with Crippen LogP contribution in [0.25, 0.3) is 0 Å². The number of hydrogen-bond donors (Lipinski definition) is 2. The molecule has 1 aromatic heterocycles. The van der Waals surface area contributed by atoms with E-state index in [2.05, 4.69) is 27.5 Å². The van der Waals surface area contributed by atoms with E-state index in [9.17, 15) is 13.2 Å².